The normalized spacial score (nSPS) is 14.0. The Morgan fingerprint density at radius 1 is 1.23 bits per heavy atom. The SMILES string of the molecule is Nc1ccc(Oc2c(NCC3CC3)cc(C(=O)O)cc2S(N)(=O)=O)cc1. The van der Waals surface area contributed by atoms with E-state index in [0.29, 0.717) is 23.9 Å². The second kappa shape index (κ2) is 6.85. The van der Waals surface area contributed by atoms with Crippen molar-refractivity contribution in [3.63, 3.8) is 0 Å². The van der Waals surface area contributed by atoms with Crippen molar-refractivity contribution in [1.29, 1.82) is 0 Å². The van der Waals surface area contributed by atoms with Crippen LogP contribution in [0.1, 0.15) is 23.2 Å². The number of hydrogen-bond acceptors (Lipinski definition) is 6. The van der Waals surface area contributed by atoms with Crippen LogP contribution in [0.5, 0.6) is 11.5 Å². The van der Waals surface area contributed by atoms with E-state index >= 15 is 0 Å². The summed E-state index contributed by atoms with van der Waals surface area (Å²) in [4.78, 5) is 11.0. The first kappa shape index (κ1) is 18.0. The second-order valence-electron chi connectivity index (χ2n) is 6.20. The van der Waals surface area contributed by atoms with Gasteiger partial charge in [-0.1, -0.05) is 0 Å². The minimum Gasteiger partial charge on any atom is -0.478 e. The summed E-state index contributed by atoms with van der Waals surface area (Å²) >= 11 is 0. The number of benzene rings is 2. The van der Waals surface area contributed by atoms with Crippen molar-refractivity contribution in [3.8, 4) is 11.5 Å². The van der Waals surface area contributed by atoms with Gasteiger partial charge in [-0.3, -0.25) is 0 Å². The van der Waals surface area contributed by atoms with Gasteiger partial charge in [0.15, 0.2) is 5.75 Å². The number of nitrogens with two attached hydrogens (primary N) is 2. The molecule has 2 aromatic carbocycles. The van der Waals surface area contributed by atoms with Crippen LogP contribution in [-0.2, 0) is 10.0 Å². The van der Waals surface area contributed by atoms with Crippen molar-refractivity contribution in [1.82, 2.24) is 0 Å². The van der Waals surface area contributed by atoms with Gasteiger partial charge in [-0.15, -0.1) is 0 Å². The third-order valence-corrected chi connectivity index (χ3v) is 4.90. The van der Waals surface area contributed by atoms with Crippen LogP contribution in [0.15, 0.2) is 41.3 Å². The maximum atomic E-state index is 12.0. The van der Waals surface area contributed by atoms with Crippen LogP contribution in [0.3, 0.4) is 0 Å². The zero-order chi connectivity index (χ0) is 18.9. The molecule has 138 valence electrons. The number of nitrogen functional groups attached to an aromatic ring is 1. The third kappa shape index (κ3) is 4.24. The number of hydrogen-bond donors (Lipinski definition) is 4. The fourth-order valence-electron chi connectivity index (χ4n) is 2.40. The summed E-state index contributed by atoms with van der Waals surface area (Å²) in [5, 5.41) is 17.7. The molecule has 26 heavy (non-hydrogen) atoms. The molecule has 0 saturated heterocycles. The third-order valence-electron chi connectivity index (χ3n) is 3.99. The van der Waals surface area contributed by atoms with Crippen LogP contribution in [0.2, 0.25) is 0 Å². The highest BCUT2D eigenvalue weighted by Gasteiger charge is 2.26. The molecule has 9 heteroatoms. The summed E-state index contributed by atoms with van der Waals surface area (Å²) in [6.07, 6.45) is 2.14. The fourth-order valence-corrected chi connectivity index (χ4v) is 3.10. The van der Waals surface area contributed by atoms with Gasteiger partial charge in [0.25, 0.3) is 0 Å². The smallest absolute Gasteiger partial charge is 0.335 e. The van der Waals surface area contributed by atoms with E-state index in [1.807, 2.05) is 0 Å². The van der Waals surface area contributed by atoms with Crippen molar-refractivity contribution in [2.75, 3.05) is 17.6 Å². The van der Waals surface area contributed by atoms with Gasteiger partial charge in [0.2, 0.25) is 10.0 Å². The van der Waals surface area contributed by atoms with E-state index in [2.05, 4.69) is 5.32 Å². The molecule has 0 unspecified atom stereocenters. The first-order chi connectivity index (χ1) is 12.2. The summed E-state index contributed by atoms with van der Waals surface area (Å²) in [5.74, 6) is -0.473. The molecular weight excluding hydrogens is 358 g/mol. The molecule has 0 atom stereocenters. The average molecular weight is 377 g/mol. The van der Waals surface area contributed by atoms with Crippen molar-refractivity contribution < 1.29 is 23.1 Å². The molecule has 0 aromatic heterocycles. The molecule has 1 saturated carbocycles. The quantitative estimate of drug-likeness (QED) is 0.541. The fraction of sp³-hybridized carbons (Fsp3) is 0.235. The van der Waals surface area contributed by atoms with Crippen molar-refractivity contribution in [2.45, 2.75) is 17.7 Å². The topological polar surface area (TPSA) is 145 Å². The zero-order valence-electron chi connectivity index (χ0n) is 13.8. The van der Waals surface area contributed by atoms with Crippen LogP contribution in [0, 0.1) is 5.92 Å². The lowest BCUT2D eigenvalue weighted by atomic mass is 10.1. The van der Waals surface area contributed by atoms with Crippen molar-refractivity contribution in [2.24, 2.45) is 11.1 Å². The van der Waals surface area contributed by atoms with E-state index in [0.717, 1.165) is 18.9 Å². The van der Waals surface area contributed by atoms with Crippen molar-refractivity contribution >= 4 is 27.4 Å². The molecule has 3 rings (SSSR count). The Hall–Kier alpha value is -2.78. The molecule has 0 bridgehead atoms. The minimum atomic E-state index is -4.22. The van der Waals surface area contributed by atoms with Crippen LogP contribution in [-0.4, -0.2) is 26.0 Å². The Morgan fingerprint density at radius 2 is 1.88 bits per heavy atom. The first-order valence-electron chi connectivity index (χ1n) is 7.95. The van der Waals surface area contributed by atoms with Crippen LogP contribution < -0.4 is 20.9 Å². The standard InChI is InChI=1S/C17H19N3O5S/c18-12-3-5-13(6-4-12)25-16-14(20-9-10-1-2-10)7-11(17(21)22)8-15(16)26(19,23)24/h3-8,10,20H,1-2,9,18H2,(H,21,22)(H2,19,23,24). The minimum absolute atomic E-state index is 0.0390. The van der Waals surface area contributed by atoms with Gasteiger partial charge in [0, 0.05) is 12.2 Å². The molecule has 0 radical (unpaired) electrons. The number of primary sulfonamides is 1. The van der Waals surface area contributed by atoms with Gasteiger partial charge in [0.1, 0.15) is 10.6 Å². The Labute approximate surface area is 150 Å². The molecule has 0 heterocycles. The lowest BCUT2D eigenvalue weighted by molar-refractivity contribution is 0.0696. The average Bonchev–Trinajstić information content (AvgIpc) is 3.38. The number of nitrogens with one attached hydrogen (secondary N) is 1. The second-order valence-corrected chi connectivity index (χ2v) is 7.73. The van der Waals surface area contributed by atoms with Gasteiger partial charge in [0.05, 0.1) is 11.3 Å². The largest absolute Gasteiger partial charge is 0.478 e. The summed E-state index contributed by atoms with van der Waals surface area (Å²) in [6.45, 7) is 0.589. The van der Waals surface area contributed by atoms with Gasteiger partial charge in [-0.05, 0) is 55.2 Å². The predicted molar refractivity (Wildman–Crippen MR) is 96.9 cm³/mol. The Morgan fingerprint density at radius 3 is 2.42 bits per heavy atom. The van der Waals surface area contributed by atoms with E-state index in [9.17, 15) is 18.3 Å². The van der Waals surface area contributed by atoms with E-state index in [1.165, 1.54) is 6.07 Å². The maximum absolute atomic E-state index is 12.0. The van der Waals surface area contributed by atoms with E-state index in [4.69, 9.17) is 15.6 Å². The van der Waals surface area contributed by atoms with Crippen LogP contribution >= 0.6 is 0 Å². The molecule has 1 fully saturated rings. The number of aromatic carboxylic acids is 1. The van der Waals surface area contributed by atoms with Crippen LogP contribution in [0.25, 0.3) is 0 Å². The Kier molecular flexibility index (Phi) is 4.75. The van der Waals surface area contributed by atoms with E-state index in [-0.39, 0.29) is 17.0 Å². The number of sulfonamides is 1. The number of carboxylic acid groups (broad SMARTS) is 1. The van der Waals surface area contributed by atoms with Gasteiger partial charge < -0.3 is 20.9 Å². The lowest BCUT2D eigenvalue weighted by Crippen LogP contribution is -2.16. The highest BCUT2D eigenvalue weighted by Crippen LogP contribution is 2.38. The molecule has 0 amide bonds. The van der Waals surface area contributed by atoms with Gasteiger partial charge >= 0.3 is 5.97 Å². The lowest BCUT2D eigenvalue weighted by Gasteiger charge is -2.17. The molecule has 0 spiro atoms. The number of rotatable bonds is 7. The molecule has 1 aliphatic rings. The molecule has 0 aliphatic heterocycles. The van der Waals surface area contributed by atoms with Gasteiger partial charge in [-0.25, -0.2) is 18.4 Å². The summed E-state index contributed by atoms with van der Waals surface area (Å²) in [6, 6.07) is 8.71. The first-order valence-corrected chi connectivity index (χ1v) is 9.50. The molecule has 6 N–H and O–H groups in total. The molecule has 2 aromatic rings. The Bertz CT molecular complexity index is 938. The number of ether oxygens (including phenoxy) is 1. The molecule has 1 aliphatic carbocycles. The number of carboxylic acids is 1. The highest BCUT2D eigenvalue weighted by atomic mass is 32.2. The number of carbonyl (C=O) groups is 1. The monoisotopic (exact) mass is 377 g/mol. The highest BCUT2D eigenvalue weighted by molar-refractivity contribution is 7.89. The van der Waals surface area contributed by atoms with E-state index < -0.39 is 20.9 Å². The summed E-state index contributed by atoms with van der Waals surface area (Å²) < 4.78 is 29.8. The summed E-state index contributed by atoms with van der Waals surface area (Å²) in [5.41, 5.74) is 6.23. The maximum Gasteiger partial charge on any atom is 0.335 e. The van der Waals surface area contributed by atoms with Gasteiger partial charge in [-0.2, -0.15) is 0 Å². The number of anilines is 2. The summed E-state index contributed by atoms with van der Waals surface area (Å²) in [7, 11) is -4.22. The molecule has 8 nitrogen and oxygen atoms in total. The van der Waals surface area contributed by atoms with Crippen LogP contribution in [0.4, 0.5) is 11.4 Å². The van der Waals surface area contributed by atoms with Crippen molar-refractivity contribution in [3.05, 3.63) is 42.0 Å². The molecular formula is C17H19N3O5S. The zero-order valence-corrected chi connectivity index (χ0v) is 14.6. The Balaban J connectivity index is 2.09. The van der Waals surface area contributed by atoms with E-state index in [1.54, 1.807) is 24.3 Å². The predicted octanol–water partition coefficient (Wildman–Crippen LogP) is 2.23.